The molecule has 2 rings (SSSR count). The molecule has 2 aromatic carbocycles. The van der Waals surface area contributed by atoms with E-state index >= 15 is 0 Å². The van der Waals surface area contributed by atoms with Gasteiger partial charge >= 0.3 is 5.97 Å². The molecular weight excluding hydrogens is 362 g/mol. The van der Waals surface area contributed by atoms with E-state index < -0.39 is 11.9 Å². The summed E-state index contributed by atoms with van der Waals surface area (Å²) < 4.78 is 11.1. The lowest BCUT2D eigenvalue weighted by molar-refractivity contribution is -0.119. The van der Waals surface area contributed by atoms with Crippen molar-refractivity contribution in [2.45, 2.75) is 6.92 Å². The number of carbonyl (C=O) groups excluding carboxylic acids is 2. The molecule has 120 valence electrons. The molecule has 0 aromatic heterocycles. The minimum absolute atomic E-state index is 0.349. The van der Waals surface area contributed by atoms with Crippen LogP contribution in [0.5, 0.6) is 5.75 Å². The van der Waals surface area contributed by atoms with Crippen LogP contribution in [0.1, 0.15) is 17.3 Å². The fraction of sp³-hybridized carbons (Fsp3) is 0.176. The molecule has 0 spiro atoms. The van der Waals surface area contributed by atoms with Gasteiger partial charge in [0.05, 0.1) is 12.2 Å². The largest absolute Gasteiger partial charge is 0.494 e. The van der Waals surface area contributed by atoms with Crippen LogP contribution in [0.2, 0.25) is 0 Å². The third kappa shape index (κ3) is 5.41. The molecule has 1 N–H and O–H groups in total. The first-order valence-corrected chi connectivity index (χ1v) is 7.83. The molecule has 0 heterocycles. The minimum atomic E-state index is -0.548. The number of esters is 1. The molecule has 1 amide bonds. The summed E-state index contributed by atoms with van der Waals surface area (Å²) >= 11 is 3.27. The van der Waals surface area contributed by atoms with Crippen LogP contribution in [0.4, 0.5) is 5.69 Å². The van der Waals surface area contributed by atoms with E-state index in [4.69, 9.17) is 9.47 Å². The van der Waals surface area contributed by atoms with Crippen LogP contribution in [0, 0.1) is 0 Å². The maximum Gasteiger partial charge on any atom is 0.338 e. The van der Waals surface area contributed by atoms with Crippen LogP contribution in [-0.2, 0) is 9.53 Å². The van der Waals surface area contributed by atoms with Crippen LogP contribution >= 0.6 is 15.9 Å². The highest BCUT2D eigenvalue weighted by Gasteiger charge is 2.10. The topological polar surface area (TPSA) is 64.6 Å². The lowest BCUT2D eigenvalue weighted by atomic mass is 10.2. The highest BCUT2D eigenvalue weighted by Crippen LogP contribution is 2.16. The van der Waals surface area contributed by atoms with E-state index in [1.807, 2.05) is 6.92 Å². The number of nitrogens with one attached hydrogen (secondary N) is 1. The van der Waals surface area contributed by atoms with Crippen LogP contribution in [-0.4, -0.2) is 25.1 Å². The predicted octanol–water partition coefficient (Wildman–Crippen LogP) is 3.64. The number of carbonyl (C=O) groups is 2. The van der Waals surface area contributed by atoms with Gasteiger partial charge in [0.15, 0.2) is 6.61 Å². The van der Waals surface area contributed by atoms with Gasteiger partial charge in [0.25, 0.3) is 5.91 Å². The summed E-state index contributed by atoms with van der Waals surface area (Å²) in [5.41, 5.74) is 0.991. The van der Waals surface area contributed by atoms with Crippen molar-refractivity contribution >= 4 is 33.5 Å². The SMILES string of the molecule is CCOc1ccc(NC(=O)COC(=O)c2cccc(Br)c2)cc1. The Kier molecular flexibility index (Phi) is 6.17. The normalized spacial score (nSPS) is 10.0. The zero-order chi connectivity index (χ0) is 16.7. The molecule has 0 unspecified atom stereocenters. The first-order chi connectivity index (χ1) is 11.1. The second-order valence-electron chi connectivity index (χ2n) is 4.59. The molecule has 6 heteroatoms. The van der Waals surface area contributed by atoms with Gasteiger partial charge in [-0.15, -0.1) is 0 Å². The molecule has 2 aromatic rings. The van der Waals surface area contributed by atoms with E-state index in [1.165, 1.54) is 0 Å². The van der Waals surface area contributed by atoms with E-state index in [0.717, 1.165) is 10.2 Å². The lowest BCUT2D eigenvalue weighted by Gasteiger charge is -2.08. The van der Waals surface area contributed by atoms with Crippen molar-refractivity contribution in [2.24, 2.45) is 0 Å². The zero-order valence-electron chi connectivity index (χ0n) is 12.5. The highest BCUT2D eigenvalue weighted by molar-refractivity contribution is 9.10. The van der Waals surface area contributed by atoms with Gasteiger partial charge in [0, 0.05) is 10.2 Å². The third-order valence-corrected chi connectivity index (χ3v) is 3.34. The van der Waals surface area contributed by atoms with Gasteiger partial charge in [-0.25, -0.2) is 4.79 Å². The zero-order valence-corrected chi connectivity index (χ0v) is 14.1. The average Bonchev–Trinajstić information content (AvgIpc) is 2.55. The van der Waals surface area contributed by atoms with E-state index in [9.17, 15) is 9.59 Å². The molecule has 0 aliphatic heterocycles. The Hall–Kier alpha value is -2.34. The quantitative estimate of drug-likeness (QED) is 0.780. The number of hydrogen-bond acceptors (Lipinski definition) is 4. The molecule has 0 bridgehead atoms. The summed E-state index contributed by atoms with van der Waals surface area (Å²) in [5.74, 6) is -0.225. The summed E-state index contributed by atoms with van der Waals surface area (Å²) in [4.78, 5) is 23.6. The molecule has 0 saturated heterocycles. The van der Waals surface area contributed by atoms with E-state index in [-0.39, 0.29) is 6.61 Å². The minimum Gasteiger partial charge on any atom is -0.494 e. The summed E-state index contributed by atoms with van der Waals surface area (Å²) in [6.07, 6.45) is 0. The average molecular weight is 378 g/mol. The fourth-order valence-corrected chi connectivity index (χ4v) is 2.23. The molecule has 5 nitrogen and oxygen atoms in total. The standard InChI is InChI=1S/C17H16BrNO4/c1-2-22-15-8-6-14(7-9-15)19-16(20)11-23-17(21)12-4-3-5-13(18)10-12/h3-10H,2,11H2,1H3,(H,19,20). The Morgan fingerprint density at radius 3 is 2.52 bits per heavy atom. The summed E-state index contributed by atoms with van der Waals surface area (Å²) in [5, 5.41) is 2.65. The lowest BCUT2D eigenvalue weighted by Crippen LogP contribution is -2.20. The van der Waals surface area contributed by atoms with Gasteiger partial charge in [0.2, 0.25) is 0 Å². The van der Waals surface area contributed by atoms with Crippen LogP contribution in [0.15, 0.2) is 53.0 Å². The molecule has 0 radical (unpaired) electrons. The van der Waals surface area contributed by atoms with Crippen molar-refractivity contribution in [3.63, 3.8) is 0 Å². The molecule has 0 fully saturated rings. The Balaban J connectivity index is 1.84. The van der Waals surface area contributed by atoms with E-state index in [0.29, 0.717) is 17.9 Å². The summed E-state index contributed by atoms with van der Waals surface area (Å²) in [6, 6.07) is 13.7. The number of ether oxygens (including phenoxy) is 2. The third-order valence-electron chi connectivity index (χ3n) is 2.84. The first kappa shape index (κ1) is 17.0. The van der Waals surface area contributed by atoms with Gasteiger partial charge < -0.3 is 14.8 Å². The Labute approximate surface area is 142 Å². The molecule has 0 aliphatic carbocycles. The van der Waals surface area contributed by atoms with Crippen LogP contribution < -0.4 is 10.1 Å². The molecule has 23 heavy (non-hydrogen) atoms. The predicted molar refractivity (Wildman–Crippen MR) is 90.7 cm³/mol. The first-order valence-electron chi connectivity index (χ1n) is 7.04. The second-order valence-corrected chi connectivity index (χ2v) is 5.51. The van der Waals surface area contributed by atoms with Gasteiger partial charge in [-0.2, -0.15) is 0 Å². The maximum atomic E-state index is 11.8. The van der Waals surface area contributed by atoms with Crippen molar-refractivity contribution in [1.82, 2.24) is 0 Å². The second kappa shape index (κ2) is 8.33. The maximum absolute atomic E-state index is 11.8. The van der Waals surface area contributed by atoms with Crippen molar-refractivity contribution in [3.05, 3.63) is 58.6 Å². The smallest absolute Gasteiger partial charge is 0.338 e. The Bertz CT molecular complexity index is 685. The molecule has 0 atom stereocenters. The number of benzene rings is 2. The van der Waals surface area contributed by atoms with Gasteiger partial charge in [-0.1, -0.05) is 22.0 Å². The van der Waals surface area contributed by atoms with Gasteiger partial charge in [-0.3, -0.25) is 4.79 Å². The van der Waals surface area contributed by atoms with Gasteiger partial charge in [0.1, 0.15) is 5.75 Å². The molecular formula is C17H16BrNO4. The van der Waals surface area contributed by atoms with Crippen molar-refractivity contribution in [2.75, 3.05) is 18.5 Å². The Morgan fingerprint density at radius 2 is 1.87 bits per heavy atom. The fourth-order valence-electron chi connectivity index (χ4n) is 1.83. The number of rotatable bonds is 6. The summed E-state index contributed by atoms with van der Waals surface area (Å²) in [6.45, 7) is 2.13. The van der Waals surface area contributed by atoms with Crippen molar-refractivity contribution in [1.29, 1.82) is 0 Å². The number of anilines is 1. The summed E-state index contributed by atoms with van der Waals surface area (Å²) in [7, 11) is 0. The van der Waals surface area contributed by atoms with Crippen LogP contribution in [0.25, 0.3) is 0 Å². The highest BCUT2D eigenvalue weighted by atomic mass is 79.9. The number of hydrogen-bond donors (Lipinski definition) is 1. The number of halogens is 1. The molecule has 0 saturated carbocycles. The van der Waals surface area contributed by atoms with Crippen molar-refractivity contribution < 1.29 is 19.1 Å². The van der Waals surface area contributed by atoms with E-state index in [2.05, 4.69) is 21.2 Å². The van der Waals surface area contributed by atoms with E-state index in [1.54, 1.807) is 48.5 Å². The Morgan fingerprint density at radius 1 is 1.13 bits per heavy atom. The monoisotopic (exact) mass is 377 g/mol. The molecule has 0 aliphatic rings. The number of amides is 1. The van der Waals surface area contributed by atoms with Gasteiger partial charge in [-0.05, 0) is 49.4 Å². The van der Waals surface area contributed by atoms with Crippen LogP contribution in [0.3, 0.4) is 0 Å². The van der Waals surface area contributed by atoms with Crippen molar-refractivity contribution in [3.8, 4) is 5.75 Å².